The number of hydrogen-bond acceptors (Lipinski definition) is 4. The Morgan fingerprint density at radius 1 is 1.10 bits per heavy atom. The molecule has 1 saturated heterocycles. The molecule has 0 bridgehead atoms. The van der Waals surface area contributed by atoms with Crippen LogP contribution in [-0.2, 0) is 4.74 Å². The summed E-state index contributed by atoms with van der Waals surface area (Å²) in [5, 5.41) is 3.48. The summed E-state index contributed by atoms with van der Waals surface area (Å²) in [6, 6.07) is 0. The Morgan fingerprint density at radius 3 is 2.24 bits per heavy atom. The highest BCUT2D eigenvalue weighted by molar-refractivity contribution is 5.85. The third-order valence-corrected chi connectivity index (χ3v) is 3.47. The zero-order chi connectivity index (χ0) is 15.0. The summed E-state index contributed by atoms with van der Waals surface area (Å²) in [6.45, 7) is 14.9. The van der Waals surface area contributed by atoms with Gasteiger partial charge in [-0.15, -0.1) is 12.4 Å². The maximum absolute atomic E-state index is 11.8. The largest absolute Gasteiger partial charge is 0.447 e. The van der Waals surface area contributed by atoms with E-state index in [0.717, 1.165) is 51.7 Å². The Labute approximate surface area is 135 Å². The van der Waals surface area contributed by atoms with Gasteiger partial charge in [-0.1, -0.05) is 13.8 Å². The molecule has 1 aliphatic heterocycles. The van der Waals surface area contributed by atoms with Gasteiger partial charge in [-0.05, 0) is 32.7 Å². The topological polar surface area (TPSA) is 44.8 Å². The summed E-state index contributed by atoms with van der Waals surface area (Å²) in [5.41, 5.74) is 0. The molecule has 0 spiro atoms. The minimum atomic E-state index is -0.172. The second kappa shape index (κ2) is 11.1. The highest BCUT2D eigenvalue weighted by atomic mass is 35.5. The van der Waals surface area contributed by atoms with Crippen LogP contribution in [-0.4, -0.2) is 67.8 Å². The van der Waals surface area contributed by atoms with Crippen LogP contribution in [0.3, 0.4) is 0 Å². The van der Waals surface area contributed by atoms with Crippen LogP contribution in [0.5, 0.6) is 0 Å². The first-order valence-electron chi connectivity index (χ1n) is 7.87. The molecule has 21 heavy (non-hydrogen) atoms. The van der Waals surface area contributed by atoms with Crippen molar-refractivity contribution in [3.8, 4) is 0 Å². The minimum Gasteiger partial charge on any atom is -0.447 e. The number of nitrogens with zero attached hydrogens (tertiary/aromatic N) is 2. The van der Waals surface area contributed by atoms with Crippen LogP contribution in [0, 0.1) is 5.92 Å². The van der Waals surface area contributed by atoms with E-state index in [0.29, 0.717) is 0 Å². The lowest BCUT2D eigenvalue weighted by molar-refractivity contribution is 0.0574. The van der Waals surface area contributed by atoms with Crippen molar-refractivity contribution >= 4 is 18.5 Å². The SMILES string of the molecule is CC(C)CCNCCN1CCN(C(=O)OC(C)C)CC1.Cl. The van der Waals surface area contributed by atoms with Gasteiger partial charge in [0.1, 0.15) is 0 Å². The number of hydrogen-bond donors (Lipinski definition) is 1. The van der Waals surface area contributed by atoms with Gasteiger partial charge in [0.05, 0.1) is 6.10 Å². The van der Waals surface area contributed by atoms with Gasteiger partial charge in [-0.3, -0.25) is 4.90 Å². The number of halogens is 1. The lowest BCUT2D eigenvalue weighted by Crippen LogP contribution is -2.50. The molecule has 1 rings (SSSR count). The van der Waals surface area contributed by atoms with Crippen molar-refractivity contribution < 1.29 is 9.53 Å². The Kier molecular flexibility index (Phi) is 10.8. The summed E-state index contributed by atoms with van der Waals surface area (Å²) >= 11 is 0. The molecule has 0 aromatic heterocycles. The van der Waals surface area contributed by atoms with E-state index in [2.05, 4.69) is 24.1 Å². The van der Waals surface area contributed by atoms with E-state index >= 15 is 0 Å². The molecule has 1 heterocycles. The number of rotatable bonds is 7. The van der Waals surface area contributed by atoms with Gasteiger partial charge in [-0.25, -0.2) is 4.79 Å². The van der Waals surface area contributed by atoms with Crippen LogP contribution in [0.4, 0.5) is 4.79 Å². The first-order valence-corrected chi connectivity index (χ1v) is 7.87. The normalized spacial score (nSPS) is 16.2. The molecule has 1 N–H and O–H groups in total. The molecule has 1 amide bonds. The van der Waals surface area contributed by atoms with Gasteiger partial charge in [0.15, 0.2) is 0 Å². The maximum Gasteiger partial charge on any atom is 0.410 e. The van der Waals surface area contributed by atoms with Crippen molar-refractivity contribution in [3.63, 3.8) is 0 Å². The second-order valence-corrected chi connectivity index (χ2v) is 6.19. The summed E-state index contributed by atoms with van der Waals surface area (Å²) in [7, 11) is 0. The van der Waals surface area contributed by atoms with Crippen molar-refractivity contribution in [3.05, 3.63) is 0 Å². The average Bonchev–Trinajstić information content (AvgIpc) is 2.38. The zero-order valence-electron chi connectivity index (χ0n) is 13.9. The Morgan fingerprint density at radius 2 is 1.71 bits per heavy atom. The van der Waals surface area contributed by atoms with Crippen molar-refractivity contribution in [2.45, 2.75) is 40.2 Å². The molecular formula is C15H32ClN3O2. The van der Waals surface area contributed by atoms with Gasteiger partial charge < -0.3 is 15.0 Å². The van der Waals surface area contributed by atoms with E-state index in [1.807, 2.05) is 18.7 Å². The third-order valence-electron chi connectivity index (χ3n) is 3.47. The fourth-order valence-electron chi connectivity index (χ4n) is 2.18. The van der Waals surface area contributed by atoms with Crippen molar-refractivity contribution in [1.82, 2.24) is 15.1 Å². The quantitative estimate of drug-likeness (QED) is 0.730. The van der Waals surface area contributed by atoms with Gasteiger partial charge in [0, 0.05) is 39.3 Å². The molecule has 0 saturated carbocycles. The summed E-state index contributed by atoms with van der Waals surface area (Å²) in [5.74, 6) is 0.762. The Bertz CT molecular complexity index is 280. The number of carbonyl (C=O) groups excluding carboxylic acids is 1. The van der Waals surface area contributed by atoms with Crippen LogP contribution in [0.25, 0.3) is 0 Å². The van der Waals surface area contributed by atoms with Crippen molar-refractivity contribution in [2.24, 2.45) is 5.92 Å². The number of piperazine rings is 1. The number of amides is 1. The monoisotopic (exact) mass is 321 g/mol. The molecule has 0 aliphatic carbocycles. The van der Waals surface area contributed by atoms with Gasteiger partial charge >= 0.3 is 6.09 Å². The van der Waals surface area contributed by atoms with Gasteiger partial charge in [-0.2, -0.15) is 0 Å². The van der Waals surface area contributed by atoms with E-state index < -0.39 is 0 Å². The highest BCUT2D eigenvalue weighted by Crippen LogP contribution is 2.05. The van der Waals surface area contributed by atoms with E-state index in [1.165, 1.54) is 6.42 Å². The summed E-state index contributed by atoms with van der Waals surface area (Å²) < 4.78 is 5.22. The van der Waals surface area contributed by atoms with E-state index in [4.69, 9.17) is 4.74 Å². The molecule has 1 fully saturated rings. The minimum absolute atomic E-state index is 0. The van der Waals surface area contributed by atoms with Crippen LogP contribution in [0.15, 0.2) is 0 Å². The van der Waals surface area contributed by atoms with Crippen LogP contribution >= 0.6 is 12.4 Å². The molecule has 0 aromatic rings. The lowest BCUT2D eigenvalue weighted by Gasteiger charge is -2.34. The smallest absolute Gasteiger partial charge is 0.410 e. The fraction of sp³-hybridized carbons (Fsp3) is 0.933. The van der Waals surface area contributed by atoms with E-state index in [1.54, 1.807) is 0 Å². The Hall–Kier alpha value is -0.520. The summed E-state index contributed by atoms with van der Waals surface area (Å²) in [6.07, 6.45) is 1.02. The van der Waals surface area contributed by atoms with Crippen LogP contribution < -0.4 is 5.32 Å². The van der Waals surface area contributed by atoms with Crippen molar-refractivity contribution in [2.75, 3.05) is 45.8 Å². The predicted molar refractivity (Wildman–Crippen MR) is 89.2 cm³/mol. The molecule has 0 radical (unpaired) electrons. The van der Waals surface area contributed by atoms with Crippen LogP contribution in [0.2, 0.25) is 0 Å². The molecule has 0 atom stereocenters. The fourth-order valence-corrected chi connectivity index (χ4v) is 2.18. The van der Waals surface area contributed by atoms with Crippen molar-refractivity contribution in [1.29, 1.82) is 0 Å². The standard InChI is InChI=1S/C15H31N3O2.ClH/c1-13(2)5-6-16-7-8-17-9-11-18(12-10-17)15(19)20-14(3)4;/h13-14,16H,5-12H2,1-4H3;1H. The Balaban J connectivity index is 0.00000400. The highest BCUT2D eigenvalue weighted by Gasteiger charge is 2.22. The number of ether oxygens (including phenoxy) is 1. The third kappa shape index (κ3) is 9.17. The van der Waals surface area contributed by atoms with Crippen LogP contribution in [0.1, 0.15) is 34.1 Å². The molecule has 1 aliphatic rings. The summed E-state index contributed by atoms with van der Waals surface area (Å²) in [4.78, 5) is 16.0. The second-order valence-electron chi connectivity index (χ2n) is 6.19. The first kappa shape index (κ1) is 20.5. The first-order chi connectivity index (χ1) is 9.49. The van der Waals surface area contributed by atoms with E-state index in [-0.39, 0.29) is 24.6 Å². The lowest BCUT2D eigenvalue weighted by atomic mass is 10.1. The molecule has 5 nitrogen and oxygen atoms in total. The van der Waals surface area contributed by atoms with Gasteiger partial charge in [0.25, 0.3) is 0 Å². The number of nitrogens with one attached hydrogen (secondary N) is 1. The average molecular weight is 322 g/mol. The number of carbonyl (C=O) groups is 1. The molecule has 6 heteroatoms. The molecular weight excluding hydrogens is 290 g/mol. The zero-order valence-corrected chi connectivity index (χ0v) is 14.7. The van der Waals surface area contributed by atoms with E-state index in [9.17, 15) is 4.79 Å². The molecule has 0 unspecified atom stereocenters. The van der Waals surface area contributed by atoms with Gasteiger partial charge in [0.2, 0.25) is 0 Å². The molecule has 126 valence electrons. The molecule has 0 aromatic carbocycles. The maximum atomic E-state index is 11.8. The predicted octanol–water partition coefficient (Wildman–Crippen LogP) is 2.21.